The third-order valence-corrected chi connectivity index (χ3v) is 11.1. The lowest BCUT2D eigenvalue weighted by atomic mass is 9.40. The van der Waals surface area contributed by atoms with Crippen LogP contribution < -0.4 is 5.32 Å². The van der Waals surface area contributed by atoms with Gasteiger partial charge in [0.1, 0.15) is 10.7 Å². The fourth-order valence-electron chi connectivity index (χ4n) is 7.98. The molecule has 6 rings (SSSR count). The summed E-state index contributed by atoms with van der Waals surface area (Å²) in [5.74, 6) is -0.441. The number of likely N-dealkylation sites (tertiary alicyclic amines) is 1. The lowest BCUT2D eigenvalue weighted by Crippen LogP contribution is -2.73. The number of thiazole rings is 1. The summed E-state index contributed by atoms with van der Waals surface area (Å²) < 4.78 is 5.75. The van der Waals surface area contributed by atoms with E-state index in [1.807, 2.05) is 14.1 Å². The monoisotopic (exact) mass is 600 g/mol. The van der Waals surface area contributed by atoms with Crippen molar-refractivity contribution in [3.8, 4) is 0 Å². The molecule has 2 amide bonds. The Morgan fingerprint density at radius 1 is 1.17 bits per heavy atom. The van der Waals surface area contributed by atoms with Gasteiger partial charge in [-0.15, -0.1) is 11.3 Å². The van der Waals surface area contributed by atoms with Gasteiger partial charge in [-0.25, -0.2) is 4.98 Å². The molecule has 4 atom stereocenters. The summed E-state index contributed by atoms with van der Waals surface area (Å²) in [7, 11) is 3.82. The van der Waals surface area contributed by atoms with Crippen LogP contribution in [0.5, 0.6) is 0 Å². The molecular weight excluding hydrogens is 552 g/mol. The molecule has 1 aromatic heterocycles. The van der Waals surface area contributed by atoms with Crippen LogP contribution in [0.25, 0.3) is 0 Å². The molecule has 9 nitrogen and oxygen atoms in total. The highest BCUT2D eigenvalue weighted by atomic mass is 32.1. The Morgan fingerprint density at radius 2 is 1.86 bits per heavy atom. The normalized spacial score (nSPS) is 29.1. The van der Waals surface area contributed by atoms with Crippen LogP contribution in [0.15, 0.2) is 5.38 Å². The topological polar surface area (TPSA) is 109 Å². The van der Waals surface area contributed by atoms with Crippen LogP contribution in [-0.2, 0) is 19.1 Å². The number of carbonyl (C=O) groups is 4. The van der Waals surface area contributed by atoms with Gasteiger partial charge >= 0.3 is 5.97 Å². The van der Waals surface area contributed by atoms with Crippen molar-refractivity contribution < 1.29 is 23.9 Å². The van der Waals surface area contributed by atoms with Gasteiger partial charge in [-0.3, -0.25) is 24.1 Å². The second kappa shape index (κ2) is 12.0. The highest BCUT2D eigenvalue weighted by Crippen LogP contribution is 2.66. The van der Waals surface area contributed by atoms with E-state index in [4.69, 9.17) is 4.74 Å². The molecule has 1 aliphatic heterocycles. The molecule has 1 saturated heterocycles. The van der Waals surface area contributed by atoms with E-state index in [0.29, 0.717) is 22.5 Å². The highest BCUT2D eigenvalue weighted by molar-refractivity contribution is 7.09. The first kappa shape index (κ1) is 31.1. The summed E-state index contributed by atoms with van der Waals surface area (Å²) in [6, 6.07) is -0.334. The number of nitrogens with zero attached hydrogens (tertiary/aromatic N) is 3. The fourth-order valence-corrected chi connectivity index (χ4v) is 8.82. The molecule has 4 aliphatic carbocycles. The maximum atomic E-state index is 14.0. The van der Waals surface area contributed by atoms with Gasteiger partial charge in [0.25, 0.3) is 5.91 Å². The average Bonchev–Trinajstić information content (AvgIpc) is 3.61. The SMILES string of the molecule is CC(=O)O[C@H](C[C@H](C(C)C)N(C)C(=O)[C@@H](CC(=O)[C@H]1CCCCN1C)C1CC1)c1nc(C(=O)NC23CC(C)(C2)C3)cs1. The van der Waals surface area contributed by atoms with Crippen molar-refractivity contribution in [3.63, 3.8) is 0 Å². The Morgan fingerprint density at radius 3 is 2.43 bits per heavy atom. The van der Waals surface area contributed by atoms with Crippen molar-refractivity contribution in [1.29, 1.82) is 0 Å². The summed E-state index contributed by atoms with van der Waals surface area (Å²) >= 11 is 1.31. The van der Waals surface area contributed by atoms with Crippen molar-refractivity contribution >= 4 is 34.9 Å². The van der Waals surface area contributed by atoms with E-state index in [1.165, 1.54) is 18.3 Å². The number of likely N-dealkylation sites (N-methyl/N-ethyl adjacent to an activating group) is 1. The molecule has 1 aromatic rings. The molecule has 232 valence electrons. The Labute approximate surface area is 254 Å². The number of ether oxygens (including phenoxy) is 1. The summed E-state index contributed by atoms with van der Waals surface area (Å²) in [4.78, 5) is 61.0. The Bertz CT molecular complexity index is 1190. The Hall–Kier alpha value is -2.33. The van der Waals surface area contributed by atoms with Crippen molar-refractivity contribution in [2.75, 3.05) is 20.6 Å². The quantitative estimate of drug-likeness (QED) is 0.325. The third kappa shape index (κ3) is 6.59. The molecule has 0 spiro atoms. The zero-order valence-corrected chi connectivity index (χ0v) is 26.9. The van der Waals surface area contributed by atoms with Crippen molar-refractivity contribution in [3.05, 3.63) is 16.1 Å². The molecule has 42 heavy (non-hydrogen) atoms. The molecule has 0 aromatic carbocycles. The number of nitrogens with one attached hydrogen (secondary N) is 1. The Kier molecular flexibility index (Phi) is 8.87. The first-order chi connectivity index (χ1) is 19.8. The van der Waals surface area contributed by atoms with Crippen LogP contribution >= 0.6 is 11.3 Å². The number of piperidine rings is 1. The number of hydrogen-bond donors (Lipinski definition) is 1. The molecule has 5 fully saturated rings. The van der Waals surface area contributed by atoms with Gasteiger partial charge in [-0.1, -0.05) is 27.2 Å². The number of amides is 2. The molecule has 5 aliphatic rings. The lowest BCUT2D eigenvalue weighted by Gasteiger charge is -2.69. The highest BCUT2D eigenvalue weighted by Gasteiger charge is 2.65. The minimum Gasteiger partial charge on any atom is -0.455 e. The largest absolute Gasteiger partial charge is 0.455 e. The molecule has 2 heterocycles. The van der Waals surface area contributed by atoms with Gasteiger partial charge in [0.15, 0.2) is 11.9 Å². The summed E-state index contributed by atoms with van der Waals surface area (Å²) in [5.41, 5.74) is 0.643. The third-order valence-electron chi connectivity index (χ3n) is 10.2. The minimum atomic E-state index is -0.678. The summed E-state index contributed by atoms with van der Waals surface area (Å²) in [5, 5.41) is 5.45. The van der Waals surface area contributed by atoms with Gasteiger partial charge in [0, 0.05) is 49.7 Å². The van der Waals surface area contributed by atoms with Gasteiger partial charge in [0.2, 0.25) is 5.91 Å². The van der Waals surface area contributed by atoms with Crippen LogP contribution in [0, 0.1) is 23.2 Å². The van der Waals surface area contributed by atoms with E-state index in [2.05, 4.69) is 36.0 Å². The molecule has 0 unspecified atom stereocenters. The molecule has 2 bridgehead atoms. The van der Waals surface area contributed by atoms with Crippen molar-refractivity contribution in [1.82, 2.24) is 20.1 Å². The predicted molar refractivity (Wildman–Crippen MR) is 161 cm³/mol. The molecular formula is C32H48N4O5S. The zero-order chi connectivity index (χ0) is 30.4. The van der Waals surface area contributed by atoms with Crippen LogP contribution in [0.3, 0.4) is 0 Å². The van der Waals surface area contributed by atoms with Crippen LogP contribution in [0.2, 0.25) is 0 Å². The number of esters is 1. The fraction of sp³-hybridized carbons (Fsp3) is 0.781. The first-order valence-electron chi connectivity index (χ1n) is 15.7. The minimum absolute atomic E-state index is 0.00366. The first-order valence-corrected chi connectivity index (χ1v) is 16.6. The second-order valence-electron chi connectivity index (χ2n) is 14.3. The molecule has 1 N–H and O–H groups in total. The second-order valence-corrected chi connectivity index (χ2v) is 15.2. The summed E-state index contributed by atoms with van der Waals surface area (Å²) in [6.07, 6.45) is 8.00. The van der Waals surface area contributed by atoms with Crippen molar-refractivity contribution in [2.24, 2.45) is 23.2 Å². The maximum absolute atomic E-state index is 14.0. The van der Waals surface area contributed by atoms with E-state index in [0.717, 1.165) is 57.9 Å². The van der Waals surface area contributed by atoms with Crippen LogP contribution in [-0.4, -0.2) is 76.6 Å². The van der Waals surface area contributed by atoms with Gasteiger partial charge in [0.05, 0.1) is 6.04 Å². The van der Waals surface area contributed by atoms with E-state index >= 15 is 0 Å². The number of hydrogen-bond acceptors (Lipinski definition) is 8. The average molecular weight is 601 g/mol. The number of carbonyl (C=O) groups excluding carboxylic acids is 4. The zero-order valence-electron chi connectivity index (χ0n) is 26.1. The number of Topliss-reactive ketones (excluding diaryl/α,β-unsaturated/α-hetero) is 1. The van der Waals surface area contributed by atoms with E-state index < -0.39 is 12.1 Å². The summed E-state index contributed by atoms with van der Waals surface area (Å²) in [6.45, 7) is 8.65. The number of aromatic nitrogens is 1. The van der Waals surface area contributed by atoms with Crippen molar-refractivity contribution in [2.45, 2.75) is 116 Å². The van der Waals surface area contributed by atoms with Gasteiger partial charge in [-0.05, 0) is 75.8 Å². The van der Waals surface area contributed by atoms with Crippen LogP contribution in [0.4, 0.5) is 0 Å². The molecule has 10 heteroatoms. The predicted octanol–water partition coefficient (Wildman–Crippen LogP) is 4.76. The Balaban J connectivity index is 1.27. The van der Waals surface area contributed by atoms with Gasteiger partial charge < -0.3 is 15.0 Å². The molecule has 0 radical (unpaired) electrons. The standard InChI is InChI=1S/C32H48N4O5S/c1-19(2)25(36(6)30(40)22(21-10-11-21)13-26(38)24-9-7-8-12-35(24)5)14-27(41-20(3)37)29-33-23(15-42-29)28(39)34-32-16-31(4,17-32)18-32/h15,19,21-22,24-25,27H,7-14,16-18H2,1-6H3,(H,34,39)/t22-,24+,25+,27+,31?,32?/m0/s1. The van der Waals surface area contributed by atoms with Gasteiger partial charge in [-0.2, -0.15) is 0 Å². The van der Waals surface area contributed by atoms with E-state index in [-0.39, 0.29) is 59.4 Å². The van der Waals surface area contributed by atoms with E-state index in [9.17, 15) is 19.2 Å². The maximum Gasteiger partial charge on any atom is 0.303 e. The lowest BCUT2D eigenvalue weighted by molar-refractivity contribution is -0.149. The number of rotatable bonds is 13. The smallest absolute Gasteiger partial charge is 0.303 e. The molecule has 4 saturated carbocycles. The van der Waals surface area contributed by atoms with E-state index in [1.54, 1.807) is 10.3 Å². The van der Waals surface area contributed by atoms with Crippen LogP contribution in [0.1, 0.15) is 114 Å². The number of ketones is 1.